The molecule has 0 atom stereocenters. The number of thioether (sulfide) groups is 1. The lowest BCUT2D eigenvalue weighted by atomic mass is 10.1. The lowest BCUT2D eigenvalue weighted by Crippen LogP contribution is -2.00. The second-order valence-corrected chi connectivity index (χ2v) is 7.99. The van der Waals surface area contributed by atoms with E-state index in [1.54, 1.807) is 58.3 Å². The molecule has 0 aliphatic heterocycles. The number of halogens is 3. The molecule has 5 aromatic rings. The molecular formula is C20H13ClF2N6S. The molecule has 0 fully saturated rings. The van der Waals surface area contributed by atoms with Gasteiger partial charge >= 0.3 is 0 Å². The van der Waals surface area contributed by atoms with Crippen molar-refractivity contribution in [3.8, 4) is 16.9 Å². The molecule has 150 valence electrons. The fraction of sp³-hybridized carbons (Fsp3) is 0.100. The van der Waals surface area contributed by atoms with Gasteiger partial charge in [-0.25, -0.2) is 14.2 Å². The van der Waals surface area contributed by atoms with Crippen molar-refractivity contribution in [1.29, 1.82) is 0 Å². The average Bonchev–Trinajstić information content (AvgIpc) is 3.30. The molecule has 0 amide bonds. The van der Waals surface area contributed by atoms with Crippen LogP contribution in [0.4, 0.5) is 8.78 Å². The molecule has 0 spiro atoms. The van der Waals surface area contributed by atoms with E-state index in [0.29, 0.717) is 38.7 Å². The number of fused-ring (bicyclic) bond motifs is 2. The first-order valence-electron chi connectivity index (χ1n) is 8.90. The normalized spacial score (nSPS) is 11.8. The van der Waals surface area contributed by atoms with Crippen LogP contribution in [-0.2, 0) is 0 Å². The van der Waals surface area contributed by atoms with Gasteiger partial charge in [-0.05, 0) is 37.3 Å². The zero-order valence-electron chi connectivity index (χ0n) is 15.5. The number of rotatable bonds is 4. The number of aromatic nitrogens is 6. The molecule has 4 heterocycles. The van der Waals surface area contributed by atoms with Crippen molar-refractivity contribution in [2.24, 2.45) is 0 Å². The summed E-state index contributed by atoms with van der Waals surface area (Å²) in [7, 11) is 0. The van der Waals surface area contributed by atoms with E-state index < -0.39 is 5.76 Å². The van der Waals surface area contributed by atoms with Gasteiger partial charge in [0.25, 0.3) is 5.76 Å². The molecule has 10 heteroatoms. The summed E-state index contributed by atoms with van der Waals surface area (Å²) < 4.78 is 29.5. The first kappa shape index (κ1) is 19.0. The third kappa shape index (κ3) is 3.20. The fourth-order valence-electron chi connectivity index (χ4n) is 3.35. The SMILES string of the molecule is Cc1nn(-c2cc(Cl)ccc2SC(F)F)c2cc(-c3cnn4cccnc34)ncc12. The summed E-state index contributed by atoms with van der Waals surface area (Å²) in [5, 5.41) is 10.1. The molecule has 4 aromatic heterocycles. The second-order valence-electron chi connectivity index (χ2n) is 6.52. The van der Waals surface area contributed by atoms with Crippen LogP contribution in [-0.4, -0.2) is 35.1 Å². The van der Waals surface area contributed by atoms with Gasteiger partial charge in [0.2, 0.25) is 0 Å². The third-order valence-corrected chi connectivity index (χ3v) is 5.68. The number of hydrogen-bond donors (Lipinski definition) is 0. The number of aryl methyl sites for hydroxylation is 1. The van der Waals surface area contributed by atoms with Crippen LogP contribution < -0.4 is 0 Å². The summed E-state index contributed by atoms with van der Waals surface area (Å²) in [5.74, 6) is -2.56. The van der Waals surface area contributed by atoms with Crippen molar-refractivity contribution in [3.63, 3.8) is 0 Å². The Balaban J connectivity index is 1.73. The summed E-state index contributed by atoms with van der Waals surface area (Å²) in [4.78, 5) is 9.32. The Bertz CT molecular complexity index is 1400. The zero-order valence-corrected chi connectivity index (χ0v) is 17.1. The first-order chi connectivity index (χ1) is 14.5. The summed E-state index contributed by atoms with van der Waals surface area (Å²) in [6, 6.07) is 8.45. The summed E-state index contributed by atoms with van der Waals surface area (Å²) in [6.07, 6.45) is 6.91. The van der Waals surface area contributed by atoms with E-state index >= 15 is 0 Å². The molecule has 0 saturated heterocycles. The maximum absolute atomic E-state index is 13.1. The van der Waals surface area contributed by atoms with Crippen molar-refractivity contribution in [3.05, 3.63) is 65.8 Å². The molecular weight excluding hydrogens is 430 g/mol. The molecule has 0 aliphatic rings. The predicted octanol–water partition coefficient (Wildman–Crippen LogP) is 5.41. The number of benzene rings is 1. The molecule has 1 aromatic carbocycles. The van der Waals surface area contributed by atoms with Crippen molar-refractivity contribution < 1.29 is 8.78 Å². The predicted molar refractivity (Wildman–Crippen MR) is 112 cm³/mol. The highest BCUT2D eigenvalue weighted by molar-refractivity contribution is 7.99. The topological polar surface area (TPSA) is 60.9 Å². The Morgan fingerprint density at radius 2 is 2.00 bits per heavy atom. The summed E-state index contributed by atoms with van der Waals surface area (Å²) >= 11 is 6.63. The third-order valence-electron chi connectivity index (χ3n) is 4.67. The average molecular weight is 443 g/mol. The second kappa shape index (κ2) is 7.33. The van der Waals surface area contributed by atoms with Gasteiger partial charge in [-0.3, -0.25) is 4.98 Å². The zero-order chi connectivity index (χ0) is 20.8. The lowest BCUT2D eigenvalue weighted by molar-refractivity contribution is 0.252. The molecule has 0 bridgehead atoms. The highest BCUT2D eigenvalue weighted by Gasteiger charge is 2.18. The van der Waals surface area contributed by atoms with Gasteiger partial charge < -0.3 is 0 Å². The van der Waals surface area contributed by atoms with Crippen molar-refractivity contribution >= 4 is 39.9 Å². The minimum Gasteiger partial charge on any atom is -0.255 e. The van der Waals surface area contributed by atoms with E-state index in [-0.39, 0.29) is 0 Å². The number of pyridine rings is 1. The van der Waals surface area contributed by atoms with Crippen LogP contribution in [0.5, 0.6) is 0 Å². The van der Waals surface area contributed by atoms with Gasteiger partial charge in [0.05, 0.1) is 34.4 Å². The number of alkyl halides is 2. The molecule has 0 aliphatic carbocycles. The Kier molecular flexibility index (Phi) is 4.63. The van der Waals surface area contributed by atoms with Crippen LogP contribution in [0.3, 0.4) is 0 Å². The van der Waals surface area contributed by atoms with Crippen molar-refractivity contribution in [2.75, 3.05) is 0 Å². The van der Waals surface area contributed by atoms with Crippen LogP contribution in [0.2, 0.25) is 5.02 Å². The minimum absolute atomic E-state index is 0.384. The molecule has 0 radical (unpaired) electrons. The Hall–Kier alpha value is -3.04. The maximum Gasteiger partial charge on any atom is 0.288 e. The highest BCUT2D eigenvalue weighted by atomic mass is 35.5. The standard InChI is InChI=1S/C20H13ClF2N6S/c1-11-13-9-25-15(14-10-26-28-6-2-5-24-19(14)28)8-16(13)29(27-11)17-7-12(21)3-4-18(17)30-20(22)23/h2-10,20H,1H3. The first-order valence-corrected chi connectivity index (χ1v) is 10.2. The summed E-state index contributed by atoms with van der Waals surface area (Å²) in [6.45, 7) is 1.85. The van der Waals surface area contributed by atoms with Crippen LogP contribution in [0, 0.1) is 6.92 Å². The van der Waals surface area contributed by atoms with Crippen LogP contribution in [0.25, 0.3) is 33.5 Å². The van der Waals surface area contributed by atoms with E-state index in [2.05, 4.69) is 20.2 Å². The van der Waals surface area contributed by atoms with Gasteiger partial charge in [0, 0.05) is 33.9 Å². The Morgan fingerprint density at radius 1 is 1.13 bits per heavy atom. The number of nitrogens with zero attached hydrogens (tertiary/aromatic N) is 6. The van der Waals surface area contributed by atoms with Crippen molar-refractivity contribution in [2.45, 2.75) is 17.6 Å². The van der Waals surface area contributed by atoms with Gasteiger partial charge in [-0.2, -0.15) is 19.0 Å². The van der Waals surface area contributed by atoms with Crippen LogP contribution >= 0.6 is 23.4 Å². The van der Waals surface area contributed by atoms with Gasteiger partial charge in [0.1, 0.15) is 0 Å². The smallest absolute Gasteiger partial charge is 0.255 e. The molecule has 6 nitrogen and oxygen atoms in total. The van der Waals surface area contributed by atoms with E-state index in [1.807, 2.05) is 13.0 Å². The lowest BCUT2D eigenvalue weighted by Gasteiger charge is -2.11. The van der Waals surface area contributed by atoms with Gasteiger partial charge in [-0.15, -0.1) is 0 Å². The van der Waals surface area contributed by atoms with Crippen LogP contribution in [0.1, 0.15) is 5.69 Å². The van der Waals surface area contributed by atoms with E-state index in [0.717, 1.165) is 22.2 Å². The van der Waals surface area contributed by atoms with Crippen LogP contribution in [0.15, 0.2) is 60.0 Å². The van der Waals surface area contributed by atoms with E-state index in [4.69, 9.17) is 11.6 Å². The van der Waals surface area contributed by atoms with E-state index in [9.17, 15) is 8.78 Å². The minimum atomic E-state index is -2.56. The fourth-order valence-corrected chi connectivity index (χ4v) is 4.12. The molecule has 0 saturated carbocycles. The Labute approximate surface area is 178 Å². The maximum atomic E-state index is 13.1. The van der Waals surface area contributed by atoms with E-state index in [1.165, 1.54) is 0 Å². The molecule has 0 unspecified atom stereocenters. The molecule has 0 N–H and O–H groups in total. The number of hydrogen-bond acceptors (Lipinski definition) is 5. The Morgan fingerprint density at radius 3 is 2.83 bits per heavy atom. The molecule has 30 heavy (non-hydrogen) atoms. The molecule has 5 rings (SSSR count). The quantitative estimate of drug-likeness (QED) is 0.348. The highest BCUT2D eigenvalue weighted by Crippen LogP contribution is 2.35. The van der Waals surface area contributed by atoms with Gasteiger partial charge in [-0.1, -0.05) is 23.4 Å². The van der Waals surface area contributed by atoms with Gasteiger partial charge in [0.15, 0.2) is 5.65 Å². The largest absolute Gasteiger partial charge is 0.288 e. The monoisotopic (exact) mass is 442 g/mol. The van der Waals surface area contributed by atoms with Crippen molar-refractivity contribution in [1.82, 2.24) is 29.4 Å². The summed E-state index contributed by atoms with van der Waals surface area (Å²) in [5.41, 5.74) is 4.03.